The van der Waals surface area contributed by atoms with Gasteiger partial charge in [-0.3, -0.25) is 14.6 Å². The molecule has 0 saturated carbocycles. The second-order valence-electron chi connectivity index (χ2n) is 12.7. The predicted molar refractivity (Wildman–Crippen MR) is 170 cm³/mol. The van der Waals surface area contributed by atoms with Crippen LogP contribution in [0.4, 0.5) is 5.82 Å². The number of piperazine rings is 1. The Morgan fingerprint density at radius 3 is 2.47 bits per heavy atom. The number of rotatable bonds is 6. The van der Waals surface area contributed by atoms with Crippen LogP contribution in [0, 0.1) is 11.8 Å². The smallest absolute Gasteiger partial charge is 0.253 e. The lowest BCUT2D eigenvalue weighted by Crippen LogP contribution is -2.49. The fourth-order valence-electron chi connectivity index (χ4n) is 6.94. The molecule has 1 saturated heterocycles. The van der Waals surface area contributed by atoms with Crippen LogP contribution in [-0.2, 0) is 17.8 Å². The van der Waals surface area contributed by atoms with Crippen LogP contribution in [0.2, 0.25) is 0 Å². The van der Waals surface area contributed by atoms with Gasteiger partial charge in [-0.15, -0.1) is 0 Å². The van der Waals surface area contributed by atoms with Crippen LogP contribution in [0.3, 0.4) is 0 Å². The number of hydrazone groups is 1. The van der Waals surface area contributed by atoms with Crippen LogP contribution in [0.1, 0.15) is 53.7 Å². The lowest BCUT2D eigenvalue weighted by atomic mass is 9.75. The largest absolute Gasteiger partial charge is 0.493 e. The Bertz CT molecular complexity index is 1660. The second-order valence-corrected chi connectivity index (χ2v) is 12.7. The van der Waals surface area contributed by atoms with E-state index in [1.165, 1.54) is 0 Å². The van der Waals surface area contributed by atoms with Crippen LogP contribution in [0.15, 0.2) is 72.2 Å². The zero-order valence-corrected chi connectivity index (χ0v) is 26.0. The summed E-state index contributed by atoms with van der Waals surface area (Å²) in [5.74, 6) is 2.19. The molecule has 4 heterocycles. The van der Waals surface area contributed by atoms with Crippen molar-refractivity contribution < 1.29 is 19.1 Å². The normalized spacial score (nSPS) is 22.0. The van der Waals surface area contributed by atoms with Crippen molar-refractivity contribution in [1.29, 1.82) is 0 Å². The highest BCUT2D eigenvalue weighted by Gasteiger charge is 2.43. The molecule has 0 spiro atoms. The second kappa shape index (κ2) is 11.6. The number of carbonyl (C=O) groups excluding carboxylic acids is 2. The Kier molecular flexibility index (Phi) is 7.51. The highest BCUT2D eigenvalue weighted by Crippen LogP contribution is 2.46. The Labute approximate surface area is 263 Å². The Balaban J connectivity index is 1.10. The first-order chi connectivity index (χ1) is 21.8. The number of ether oxygens (including phenoxy) is 2. The summed E-state index contributed by atoms with van der Waals surface area (Å²) in [5.41, 5.74) is 4.24. The van der Waals surface area contributed by atoms with Gasteiger partial charge in [-0.1, -0.05) is 24.3 Å². The summed E-state index contributed by atoms with van der Waals surface area (Å²) in [4.78, 5) is 39.6. The summed E-state index contributed by atoms with van der Waals surface area (Å²) in [5, 5.41) is 6.66. The molecule has 3 aliphatic heterocycles. The molecule has 10 heteroatoms. The van der Waals surface area contributed by atoms with Gasteiger partial charge in [0.15, 0.2) is 11.5 Å². The van der Waals surface area contributed by atoms with Gasteiger partial charge < -0.3 is 19.3 Å². The summed E-state index contributed by atoms with van der Waals surface area (Å²) >= 11 is 0. The maximum Gasteiger partial charge on any atom is 0.253 e. The third-order valence-corrected chi connectivity index (χ3v) is 9.26. The summed E-state index contributed by atoms with van der Waals surface area (Å²) in [7, 11) is 1.66. The fourth-order valence-corrected chi connectivity index (χ4v) is 6.94. The first-order valence-electron chi connectivity index (χ1n) is 15.6. The molecule has 2 atom stereocenters. The number of carbonyl (C=O) groups is 2. The Hall–Kier alpha value is -4.73. The number of methoxy groups -OCH3 is 1. The topological polar surface area (TPSA) is 100 Å². The van der Waals surface area contributed by atoms with Crippen molar-refractivity contribution in [3.63, 3.8) is 0 Å². The number of hydrogen-bond donors (Lipinski definition) is 0. The van der Waals surface area contributed by atoms with Crippen molar-refractivity contribution in [2.45, 2.75) is 45.3 Å². The molecule has 1 aromatic heterocycles. The molecule has 0 bridgehead atoms. The van der Waals surface area contributed by atoms with Gasteiger partial charge in [0, 0.05) is 67.6 Å². The Morgan fingerprint density at radius 2 is 1.76 bits per heavy atom. The number of amides is 2. The van der Waals surface area contributed by atoms with Crippen molar-refractivity contribution in [2.75, 3.05) is 38.2 Å². The number of aromatic nitrogens is 2. The number of nitrogens with zero attached hydrogens (tertiary/aromatic N) is 6. The van der Waals surface area contributed by atoms with Crippen molar-refractivity contribution in [3.8, 4) is 11.5 Å². The van der Waals surface area contributed by atoms with Gasteiger partial charge in [0.05, 0.1) is 31.5 Å². The molecule has 45 heavy (non-hydrogen) atoms. The van der Waals surface area contributed by atoms with E-state index < -0.39 is 0 Å². The van der Waals surface area contributed by atoms with Gasteiger partial charge in [-0.05, 0) is 56.5 Å². The quantitative estimate of drug-likeness (QED) is 0.381. The van der Waals surface area contributed by atoms with Crippen molar-refractivity contribution >= 4 is 23.3 Å². The average Bonchev–Trinajstić information content (AvgIpc) is 3.41. The van der Waals surface area contributed by atoms with E-state index in [0.717, 1.165) is 46.8 Å². The first kappa shape index (κ1) is 29.0. The third-order valence-electron chi connectivity index (χ3n) is 9.26. The molecular weight excluding hydrogens is 568 g/mol. The molecule has 2 aromatic carbocycles. The van der Waals surface area contributed by atoms with Crippen LogP contribution in [0.5, 0.6) is 11.5 Å². The van der Waals surface area contributed by atoms with Gasteiger partial charge >= 0.3 is 0 Å². The Morgan fingerprint density at radius 1 is 1.00 bits per heavy atom. The van der Waals surface area contributed by atoms with Crippen molar-refractivity contribution in [1.82, 2.24) is 19.9 Å². The van der Waals surface area contributed by atoms with Gasteiger partial charge in [0.2, 0.25) is 5.91 Å². The van der Waals surface area contributed by atoms with Crippen LogP contribution >= 0.6 is 0 Å². The SMILES string of the molecule is COc1ccc(C2=NN(Cc3ccc(C(=O)N4CCN(c5cnccn5)CC4)cc3)C(=O)[C@H]3CC=CC[C@@H]23)c2c1OC(C)(C)C2. The maximum absolute atomic E-state index is 13.8. The summed E-state index contributed by atoms with van der Waals surface area (Å²) in [6.07, 6.45) is 11.6. The molecule has 0 unspecified atom stereocenters. The van der Waals surface area contributed by atoms with E-state index >= 15 is 0 Å². The molecule has 2 amide bonds. The zero-order chi connectivity index (χ0) is 31.1. The monoisotopic (exact) mass is 606 g/mol. The zero-order valence-electron chi connectivity index (χ0n) is 26.0. The van der Waals surface area contributed by atoms with Crippen molar-refractivity contribution in [2.24, 2.45) is 16.9 Å². The van der Waals surface area contributed by atoms with Gasteiger partial charge in [0.1, 0.15) is 11.4 Å². The minimum atomic E-state index is -0.355. The van der Waals surface area contributed by atoms with E-state index in [9.17, 15) is 9.59 Å². The van der Waals surface area contributed by atoms with E-state index in [1.807, 2.05) is 35.2 Å². The molecule has 10 nitrogen and oxygen atoms in total. The van der Waals surface area contributed by atoms with Gasteiger partial charge in [-0.2, -0.15) is 5.10 Å². The molecule has 1 aliphatic carbocycles. The molecule has 0 N–H and O–H groups in total. The van der Waals surface area contributed by atoms with Gasteiger partial charge in [-0.25, -0.2) is 9.99 Å². The summed E-state index contributed by atoms with van der Waals surface area (Å²) < 4.78 is 11.9. The molecular formula is C35H38N6O4. The van der Waals surface area contributed by atoms with E-state index in [-0.39, 0.29) is 29.3 Å². The minimum Gasteiger partial charge on any atom is -0.493 e. The summed E-state index contributed by atoms with van der Waals surface area (Å²) in [6, 6.07) is 11.6. The van der Waals surface area contributed by atoms with Crippen LogP contribution in [-0.4, -0.2) is 76.3 Å². The first-order valence-corrected chi connectivity index (χ1v) is 15.6. The molecule has 4 aliphatic rings. The number of anilines is 1. The highest BCUT2D eigenvalue weighted by atomic mass is 16.5. The predicted octanol–water partition coefficient (Wildman–Crippen LogP) is 4.49. The lowest BCUT2D eigenvalue weighted by Gasteiger charge is -2.37. The number of hydrogen-bond acceptors (Lipinski definition) is 8. The molecule has 3 aromatic rings. The van der Waals surface area contributed by atoms with E-state index in [0.29, 0.717) is 50.5 Å². The van der Waals surface area contributed by atoms with Crippen molar-refractivity contribution in [3.05, 3.63) is 89.4 Å². The number of benzene rings is 2. The maximum atomic E-state index is 13.8. The van der Waals surface area contributed by atoms with E-state index in [4.69, 9.17) is 14.6 Å². The van der Waals surface area contributed by atoms with Crippen LogP contribution in [0.25, 0.3) is 0 Å². The number of allylic oxidation sites excluding steroid dienone is 2. The molecule has 1 fully saturated rings. The lowest BCUT2D eigenvalue weighted by molar-refractivity contribution is -0.138. The average molecular weight is 607 g/mol. The molecule has 232 valence electrons. The third kappa shape index (κ3) is 5.54. The summed E-state index contributed by atoms with van der Waals surface area (Å²) in [6.45, 7) is 7.14. The highest BCUT2D eigenvalue weighted by molar-refractivity contribution is 6.08. The van der Waals surface area contributed by atoms with E-state index in [1.54, 1.807) is 30.7 Å². The number of fused-ring (bicyclic) bond motifs is 2. The molecule has 7 rings (SSSR count). The minimum absolute atomic E-state index is 0.00467. The standard InChI is InChI=1S/C35H38N6O4/c1-35(2)20-28-26(12-13-29(44-3)32(28)45-35)31-25-6-4-5-7-27(25)34(43)41(38-31)22-23-8-10-24(11-9-23)33(42)40-18-16-39(17-19-40)30-21-36-14-15-37-30/h4-5,8-15,21,25,27H,6-7,16-20,22H2,1-3H3/t25-,27+/m1/s1. The van der Waals surface area contributed by atoms with Crippen LogP contribution < -0.4 is 14.4 Å². The molecule has 0 radical (unpaired) electrons. The fraction of sp³-hybridized carbons (Fsp3) is 0.400. The van der Waals surface area contributed by atoms with E-state index in [2.05, 4.69) is 46.9 Å². The van der Waals surface area contributed by atoms with Gasteiger partial charge in [0.25, 0.3) is 5.91 Å².